The monoisotopic (exact) mass is 383 g/mol. The Morgan fingerprint density at radius 1 is 1.04 bits per heavy atom. The van der Waals surface area contributed by atoms with Gasteiger partial charge in [-0.2, -0.15) is 0 Å². The van der Waals surface area contributed by atoms with E-state index in [1.54, 1.807) is 6.08 Å². The van der Waals surface area contributed by atoms with Gasteiger partial charge in [0.2, 0.25) is 5.91 Å². The van der Waals surface area contributed by atoms with Crippen molar-refractivity contribution in [1.29, 1.82) is 0 Å². The SMILES string of the molecule is CCNCc1ccc(/C=C/C(=O)N2CCN(c3ccc(Cl)cc3)CC2)cc1. The lowest BCUT2D eigenvalue weighted by Crippen LogP contribution is -2.48. The number of benzene rings is 2. The second kappa shape index (κ2) is 9.58. The van der Waals surface area contributed by atoms with Crippen LogP contribution in [0.2, 0.25) is 5.02 Å². The average molecular weight is 384 g/mol. The first-order chi connectivity index (χ1) is 13.2. The van der Waals surface area contributed by atoms with Gasteiger partial charge in [-0.15, -0.1) is 0 Å². The largest absolute Gasteiger partial charge is 0.368 e. The molecule has 0 bridgehead atoms. The van der Waals surface area contributed by atoms with Crippen LogP contribution in [0, 0.1) is 0 Å². The molecular weight excluding hydrogens is 358 g/mol. The third kappa shape index (κ3) is 5.59. The zero-order valence-corrected chi connectivity index (χ0v) is 16.5. The summed E-state index contributed by atoms with van der Waals surface area (Å²) in [6.07, 6.45) is 3.57. The smallest absolute Gasteiger partial charge is 0.246 e. The third-order valence-electron chi connectivity index (χ3n) is 4.76. The summed E-state index contributed by atoms with van der Waals surface area (Å²) in [6.45, 7) is 7.05. The van der Waals surface area contributed by atoms with Crippen LogP contribution >= 0.6 is 11.6 Å². The van der Waals surface area contributed by atoms with Crippen molar-refractivity contribution in [2.45, 2.75) is 13.5 Å². The van der Waals surface area contributed by atoms with Gasteiger partial charge < -0.3 is 15.1 Å². The molecule has 27 heavy (non-hydrogen) atoms. The van der Waals surface area contributed by atoms with E-state index in [1.807, 2.05) is 35.2 Å². The number of halogens is 1. The number of carbonyl (C=O) groups excluding carboxylic acids is 1. The summed E-state index contributed by atoms with van der Waals surface area (Å²) in [5.41, 5.74) is 3.45. The van der Waals surface area contributed by atoms with Crippen LogP contribution in [0.1, 0.15) is 18.1 Å². The number of anilines is 1. The van der Waals surface area contributed by atoms with Crippen LogP contribution in [0.5, 0.6) is 0 Å². The maximum atomic E-state index is 12.5. The average Bonchev–Trinajstić information content (AvgIpc) is 2.72. The van der Waals surface area contributed by atoms with Crippen molar-refractivity contribution >= 4 is 29.3 Å². The lowest BCUT2D eigenvalue weighted by molar-refractivity contribution is -0.126. The summed E-state index contributed by atoms with van der Waals surface area (Å²) in [4.78, 5) is 16.7. The molecule has 0 saturated carbocycles. The van der Waals surface area contributed by atoms with Gasteiger partial charge >= 0.3 is 0 Å². The van der Waals surface area contributed by atoms with Crippen molar-refractivity contribution in [2.24, 2.45) is 0 Å². The first-order valence-corrected chi connectivity index (χ1v) is 9.80. The van der Waals surface area contributed by atoms with Gasteiger partial charge in [0.25, 0.3) is 0 Å². The number of hydrogen-bond acceptors (Lipinski definition) is 3. The van der Waals surface area contributed by atoms with E-state index in [0.29, 0.717) is 0 Å². The topological polar surface area (TPSA) is 35.6 Å². The highest BCUT2D eigenvalue weighted by Gasteiger charge is 2.19. The number of rotatable bonds is 6. The Morgan fingerprint density at radius 3 is 2.33 bits per heavy atom. The van der Waals surface area contributed by atoms with Crippen LogP contribution in [0.15, 0.2) is 54.6 Å². The summed E-state index contributed by atoms with van der Waals surface area (Å²) in [6, 6.07) is 16.2. The molecule has 3 rings (SSSR count). The predicted molar refractivity (Wildman–Crippen MR) is 113 cm³/mol. The molecule has 1 saturated heterocycles. The van der Waals surface area contributed by atoms with E-state index < -0.39 is 0 Å². The molecule has 0 spiro atoms. The molecule has 0 unspecified atom stereocenters. The van der Waals surface area contributed by atoms with E-state index in [9.17, 15) is 4.79 Å². The number of carbonyl (C=O) groups is 1. The minimum atomic E-state index is 0.0717. The lowest BCUT2D eigenvalue weighted by Gasteiger charge is -2.35. The molecule has 4 nitrogen and oxygen atoms in total. The molecule has 0 atom stereocenters. The van der Waals surface area contributed by atoms with Gasteiger partial charge in [-0.3, -0.25) is 4.79 Å². The van der Waals surface area contributed by atoms with E-state index in [1.165, 1.54) is 5.56 Å². The van der Waals surface area contributed by atoms with Crippen molar-refractivity contribution in [3.05, 3.63) is 70.8 Å². The molecule has 1 amide bonds. The van der Waals surface area contributed by atoms with Gasteiger partial charge in [0.05, 0.1) is 0 Å². The molecule has 5 heteroatoms. The van der Waals surface area contributed by atoms with Crippen molar-refractivity contribution in [3.63, 3.8) is 0 Å². The number of amides is 1. The Hall–Kier alpha value is -2.30. The van der Waals surface area contributed by atoms with Gasteiger partial charge in [0, 0.05) is 49.5 Å². The summed E-state index contributed by atoms with van der Waals surface area (Å²) in [5.74, 6) is 0.0717. The first-order valence-electron chi connectivity index (χ1n) is 9.43. The number of nitrogens with one attached hydrogen (secondary N) is 1. The van der Waals surface area contributed by atoms with Crippen LogP contribution in [0.25, 0.3) is 6.08 Å². The molecule has 0 aromatic heterocycles. The Balaban J connectivity index is 1.50. The van der Waals surface area contributed by atoms with Gasteiger partial charge in [-0.25, -0.2) is 0 Å². The standard InChI is InChI=1S/C22H26ClN3O/c1-2-24-17-19-5-3-18(4-6-19)7-12-22(27)26-15-13-25(14-16-26)21-10-8-20(23)9-11-21/h3-12,24H,2,13-17H2,1H3/b12-7+. The van der Waals surface area contributed by atoms with E-state index >= 15 is 0 Å². The zero-order valence-electron chi connectivity index (χ0n) is 15.7. The Morgan fingerprint density at radius 2 is 1.70 bits per heavy atom. The van der Waals surface area contributed by atoms with Gasteiger partial charge in [0.1, 0.15) is 0 Å². The fourth-order valence-electron chi connectivity index (χ4n) is 3.13. The summed E-state index contributed by atoms with van der Waals surface area (Å²) in [7, 11) is 0. The normalized spacial score (nSPS) is 14.7. The molecule has 2 aromatic rings. The van der Waals surface area contributed by atoms with Crippen LogP contribution in [-0.2, 0) is 11.3 Å². The molecule has 1 aliphatic heterocycles. The fraction of sp³-hybridized carbons (Fsp3) is 0.318. The highest BCUT2D eigenvalue weighted by Crippen LogP contribution is 2.19. The maximum absolute atomic E-state index is 12.5. The third-order valence-corrected chi connectivity index (χ3v) is 5.01. The maximum Gasteiger partial charge on any atom is 0.246 e. The summed E-state index contributed by atoms with van der Waals surface area (Å²) in [5, 5.41) is 4.05. The predicted octanol–water partition coefficient (Wildman–Crippen LogP) is 3.81. The lowest BCUT2D eigenvalue weighted by atomic mass is 10.1. The van der Waals surface area contributed by atoms with Crippen molar-refractivity contribution in [3.8, 4) is 0 Å². The first kappa shape index (κ1) is 19.5. The molecule has 0 aliphatic carbocycles. The molecule has 142 valence electrons. The summed E-state index contributed by atoms with van der Waals surface area (Å²) < 4.78 is 0. The van der Waals surface area contributed by atoms with Gasteiger partial charge in [-0.1, -0.05) is 42.8 Å². The highest BCUT2D eigenvalue weighted by atomic mass is 35.5. The Bertz CT molecular complexity index is 763. The number of piperazine rings is 1. The molecule has 1 aliphatic rings. The van der Waals surface area contributed by atoms with Crippen LogP contribution < -0.4 is 10.2 Å². The second-order valence-corrected chi connectivity index (χ2v) is 7.08. The molecule has 1 N–H and O–H groups in total. The Labute approximate surface area is 166 Å². The summed E-state index contributed by atoms with van der Waals surface area (Å²) >= 11 is 5.95. The number of hydrogen-bond donors (Lipinski definition) is 1. The quantitative estimate of drug-likeness (QED) is 0.770. The number of nitrogens with zero attached hydrogens (tertiary/aromatic N) is 2. The van der Waals surface area contributed by atoms with E-state index in [4.69, 9.17) is 11.6 Å². The van der Waals surface area contributed by atoms with Crippen LogP contribution in [0.3, 0.4) is 0 Å². The van der Waals surface area contributed by atoms with Crippen LogP contribution in [0.4, 0.5) is 5.69 Å². The minimum Gasteiger partial charge on any atom is -0.368 e. The second-order valence-electron chi connectivity index (χ2n) is 6.64. The zero-order chi connectivity index (χ0) is 19.1. The van der Waals surface area contributed by atoms with Crippen molar-refractivity contribution in [1.82, 2.24) is 10.2 Å². The van der Waals surface area contributed by atoms with E-state index in [2.05, 4.69) is 41.4 Å². The minimum absolute atomic E-state index is 0.0717. The van der Waals surface area contributed by atoms with E-state index in [-0.39, 0.29) is 5.91 Å². The van der Waals surface area contributed by atoms with E-state index in [0.717, 1.165) is 55.5 Å². The fourth-order valence-corrected chi connectivity index (χ4v) is 3.25. The van der Waals surface area contributed by atoms with Gasteiger partial charge in [-0.05, 0) is 48.0 Å². The van der Waals surface area contributed by atoms with Crippen molar-refractivity contribution < 1.29 is 4.79 Å². The molecule has 1 fully saturated rings. The molecular formula is C22H26ClN3O. The molecule has 1 heterocycles. The van der Waals surface area contributed by atoms with Crippen molar-refractivity contribution in [2.75, 3.05) is 37.6 Å². The highest BCUT2D eigenvalue weighted by molar-refractivity contribution is 6.30. The molecule has 0 radical (unpaired) electrons. The molecule has 2 aromatic carbocycles. The van der Waals surface area contributed by atoms with Crippen LogP contribution in [-0.4, -0.2) is 43.5 Å². The van der Waals surface area contributed by atoms with Gasteiger partial charge in [0.15, 0.2) is 0 Å². The Kier molecular flexibility index (Phi) is 6.91.